The zero-order valence-electron chi connectivity index (χ0n) is 12.7. The molecule has 0 saturated heterocycles. The van der Waals surface area contributed by atoms with Gasteiger partial charge in [-0.1, -0.05) is 41.2 Å². The zero-order valence-corrected chi connectivity index (χ0v) is 14.2. The Balaban J connectivity index is 1.97. The van der Waals surface area contributed by atoms with Crippen molar-refractivity contribution in [1.29, 1.82) is 0 Å². The molecule has 0 atom stereocenters. The Bertz CT molecular complexity index is 632. The van der Waals surface area contributed by atoms with Crippen LogP contribution in [0.4, 0.5) is 5.69 Å². The van der Waals surface area contributed by atoms with E-state index in [-0.39, 0.29) is 5.91 Å². The molecule has 5 nitrogen and oxygen atoms in total. The van der Waals surface area contributed by atoms with Crippen LogP contribution in [-0.2, 0) is 11.3 Å². The Morgan fingerprint density at radius 1 is 1.41 bits per heavy atom. The molecule has 0 saturated carbocycles. The fourth-order valence-corrected chi connectivity index (χ4v) is 2.75. The summed E-state index contributed by atoms with van der Waals surface area (Å²) in [4.78, 5) is 14.3. The standard InChI is InChI=1S/C15H19ClN4OS/c1-3-8-20(9-13-15(16)22-19-18-13)10-14(21)17-12-7-5-4-6-11(12)2/h4-7H,3,8-10H2,1-2H3,(H,17,21). The van der Waals surface area contributed by atoms with E-state index in [1.165, 1.54) is 11.5 Å². The minimum absolute atomic E-state index is 0.0398. The third-order valence-electron chi connectivity index (χ3n) is 3.21. The van der Waals surface area contributed by atoms with Gasteiger partial charge in [-0.25, -0.2) is 0 Å². The maximum Gasteiger partial charge on any atom is 0.238 e. The van der Waals surface area contributed by atoms with E-state index in [1.54, 1.807) is 0 Å². The number of nitrogens with one attached hydrogen (secondary N) is 1. The van der Waals surface area contributed by atoms with E-state index >= 15 is 0 Å². The van der Waals surface area contributed by atoms with Gasteiger partial charge in [-0.15, -0.1) is 5.10 Å². The zero-order chi connectivity index (χ0) is 15.9. The van der Waals surface area contributed by atoms with E-state index in [0.29, 0.717) is 17.4 Å². The lowest BCUT2D eigenvalue weighted by molar-refractivity contribution is -0.117. The normalized spacial score (nSPS) is 10.9. The second-order valence-corrected chi connectivity index (χ2v) is 6.42. The van der Waals surface area contributed by atoms with Gasteiger partial charge < -0.3 is 5.32 Å². The number of carbonyl (C=O) groups is 1. The molecule has 1 aromatic carbocycles. The van der Waals surface area contributed by atoms with Crippen molar-refractivity contribution in [3.63, 3.8) is 0 Å². The van der Waals surface area contributed by atoms with E-state index in [1.807, 2.05) is 36.1 Å². The molecule has 0 spiro atoms. The van der Waals surface area contributed by atoms with Gasteiger partial charge in [-0.05, 0) is 31.5 Å². The number of hydrogen-bond donors (Lipinski definition) is 1. The minimum Gasteiger partial charge on any atom is -0.325 e. The van der Waals surface area contributed by atoms with E-state index in [4.69, 9.17) is 11.6 Å². The highest BCUT2D eigenvalue weighted by molar-refractivity contribution is 7.10. The second kappa shape index (κ2) is 8.22. The quantitative estimate of drug-likeness (QED) is 0.841. The highest BCUT2D eigenvalue weighted by Gasteiger charge is 2.15. The second-order valence-electron chi connectivity index (χ2n) is 5.07. The van der Waals surface area contributed by atoms with Gasteiger partial charge in [0.25, 0.3) is 0 Å². The van der Waals surface area contributed by atoms with Crippen molar-refractivity contribution in [1.82, 2.24) is 14.5 Å². The van der Waals surface area contributed by atoms with Gasteiger partial charge >= 0.3 is 0 Å². The van der Waals surface area contributed by atoms with E-state index in [0.717, 1.165) is 29.9 Å². The van der Waals surface area contributed by atoms with Gasteiger partial charge in [-0.3, -0.25) is 9.69 Å². The van der Waals surface area contributed by atoms with E-state index in [9.17, 15) is 4.79 Å². The largest absolute Gasteiger partial charge is 0.325 e. The van der Waals surface area contributed by atoms with Crippen molar-refractivity contribution >= 4 is 34.7 Å². The Morgan fingerprint density at radius 2 is 2.18 bits per heavy atom. The van der Waals surface area contributed by atoms with Gasteiger partial charge in [-0.2, -0.15) is 0 Å². The fraction of sp³-hybridized carbons (Fsp3) is 0.400. The summed E-state index contributed by atoms with van der Waals surface area (Å²) in [6.07, 6.45) is 0.951. The molecule has 0 radical (unpaired) electrons. The molecule has 0 unspecified atom stereocenters. The monoisotopic (exact) mass is 338 g/mol. The SMILES string of the molecule is CCCN(CC(=O)Nc1ccccc1C)Cc1nnsc1Cl. The molecule has 1 aromatic heterocycles. The van der Waals surface area contributed by atoms with Gasteiger partial charge in [0.1, 0.15) is 10.0 Å². The number of hydrogen-bond acceptors (Lipinski definition) is 5. The van der Waals surface area contributed by atoms with Crippen molar-refractivity contribution in [2.45, 2.75) is 26.8 Å². The summed E-state index contributed by atoms with van der Waals surface area (Å²) in [5.41, 5.74) is 2.62. The Hall–Kier alpha value is -1.50. The molecule has 0 aliphatic rings. The van der Waals surface area contributed by atoms with Crippen LogP contribution in [0.1, 0.15) is 24.6 Å². The third kappa shape index (κ3) is 4.76. The van der Waals surface area contributed by atoms with Crippen LogP contribution in [0.15, 0.2) is 24.3 Å². The van der Waals surface area contributed by atoms with Gasteiger partial charge in [0.2, 0.25) is 5.91 Å². The highest BCUT2D eigenvalue weighted by atomic mass is 35.5. The van der Waals surface area contributed by atoms with Gasteiger partial charge in [0.05, 0.1) is 6.54 Å². The van der Waals surface area contributed by atoms with Crippen molar-refractivity contribution in [3.8, 4) is 0 Å². The Labute approximate surface area is 139 Å². The molecule has 0 aliphatic carbocycles. The molecule has 118 valence electrons. The van der Waals surface area contributed by atoms with Crippen LogP contribution in [0.5, 0.6) is 0 Å². The minimum atomic E-state index is -0.0398. The number of amides is 1. The molecule has 2 aromatic rings. The molecule has 0 aliphatic heterocycles. The summed E-state index contributed by atoms with van der Waals surface area (Å²) in [5.74, 6) is -0.0398. The average Bonchev–Trinajstić information content (AvgIpc) is 2.87. The molecule has 1 heterocycles. The molecule has 22 heavy (non-hydrogen) atoms. The lowest BCUT2D eigenvalue weighted by Crippen LogP contribution is -2.33. The molecule has 1 N–H and O–H groups in total. The predicted octanol–water partition coefficient (Wildman–Crippen LogP) is 3.35. The van der Waals surface area contributed by atoms with Crippen LogP contribution in [-0.4, -0.2) is 33.5 Å². The molecule has 7 heteroatoms. The van der Waals surface area contributed by atoms with Crippen molar-refractivity contribution in [3.05, 3.63) is 39.9 Å². The number of carbonyl (C=O) groups excluding carboxylic acids is 1. The molecular formula is C15H19ClN4OS. The molecule has 0 fully saturated rings. The first-order chi connectivity index (χ1) is 10.6. The number of nitrogens with zero attached hydrogens (tertiary/aromatic N) is 3. The summed E-state index contributed by atoms with van der Waals surface area (Å²) < 4.78 is 4.41. The van der Waals surface area contributed by atoms with Gasteiger partial charge in [0.15, 0.2) is 0 Å². The average molecular weight is 339 g/mol. The lowest BCUT2D eigenvalue weighted by atomic mass is 10.2. The van der Waals surface area contributed by atoms with Crippen LogP contribution in [0.2, 0.25) is 4.34 Å². The lowest BCUT2D eigenvalue weighted by Gasteiger charge is -2.20. The fourth-order valence-electron chi connectivity index (χ4n) is 2.14. The number of anilines is 1. The summed E-state index contributed by atoms with van der Waals surface area (Å²) in [6.45, 7) is 5.68. The molecule has 2 rings (SSSR count). The molecular weight excluding hydrogens is 320 g/mol. The maximum absolute atomic E-state index is 12.2. The van der Waals surface area contributed by atoms with E-state index < -0.39 is 0 Å². The summed E-state index contributed by atoms with van der Waals surface area (Å²) in [6, 6.07) is 7.73. The number of aryl methyl sites for hydroxylation is 1. The predicted molar refractivity (Wildman–Crippen MR) is 90.3 cm³/mol. The highest BCUT2D eigenvalue weighted by Crippen LogP contribution is 2.19. The smallest absolute Gasteiger partial charge is 0.238 e. The first-order valence-corrected chi connectivity index (χ1v) is 8.30. The van der Waals surface area contributed by atoms with Gasteiger partial charge in [0, 0.05) is 23.8 Å². The van der Waals surface area contributed by atoms with Crippen LogP contribution >= 0.6 is 23.1 Å². The van der Waals surface area contributed by atoms with Crippen molar-refractivity contribution in [2.24, 2.45) is 0 Å². The summed E-state index contributed by atoms with van der Waals surface area (Å²) >= 11 is 7.20. The number of rotatable bonds is 7. The third-order valence-corrected chi connectivity index (χ3v) is 4.19. The summed E-state index contributed by atoms with van der Waals surface area (Å²) in [5, 5.41) is 6.95. The number of para-hydroxylation sites is 1. The van der Waals surface area contributed by atoms with Crippen LogP contribution in [0.25, 0.3) is 0 Å². The van der Waals surface area contributed by atoms with Crippen molar-refractivity contribution in [2.75, 3.05) is 18.4 Å². The number of aromatic nitrogens is 2. The topological polar surface area (TPSA) is 58.1 Å². The number of benzene rings is 1. The van der Waals surface area contributed by atoms with E-state index in [2.05, 4.69) is 21.8 Å². The first kappa shape index (κ1) is 16.9. The van der Waals surface area contributed by atoms with Crippen LogP contribution < -0.4 is 5.32 Å². The maximum atomic E-state index is 12.2. The van der Waals surface area contributed by atoms with Crippen molar-refractivity contribution < 1.29 is 4.79 Å². The van der Waals surface area contributed by atoms with Crippen LogP contribution in [0.3, 0.4) is 0 Å². The molecule has 1 amide bonds. The Morgan fingerprint density at radius 3 is 2.82 bits per heavy atom. The first-order valence-electron chi connectivity index (χ1n) is 7.14. The Kier molecular flexibility index (Phi) is 6.30. The van der Waals surface area contributed by atoms with Crippen LogP contribution in [0, 0.1) is 6.92 Å². The number of halogens is 1. The summed E-state index contributed by atoms with van der Waals surface area (Å²) in [7, 11) is 0. The molecule has 0 bridgehead atoms.